The van der Waals surface area contributed by atoms with Gasteiger partial charge in [-0.25, -0.2) is 4.79 Å². The zero-order valence-electron chi connectivity index (χ0n) is 12.4. The maximum Gasteiger partial charge on any atom is 0.327 e. The van der Waals surface area contributed by atoms with E-state index in [2.05, 4.69) is 18.7 Å². The fourth-order valence-corrected chi connectivity index (χ4v) is 2.66. The van der Waals surface area contributed by atoms with Crippen molar-refractivity contribution >= 4 is 11.9 Å². The molecule has 0 aromatic carbocycles. The fourth-order valence-electron chi connectivity index (χ4n) is 2.66. The summed E-state index contributed by atoms with van der Waals surface area (Å²) < 4.78 is 0. The Kier molecular flexibility index (Phi) is 4.37. The lowest BCUT2D eigenvalue weighted by molar-refractivity contribution is -0.131. The predicted octanol–water partition coefficient (Wildman–Crippen LogP) is 1.39. The first kappa shape index (κ1) is 15.0. The fraction of sp³-hybridized carbons (Fsp3) is 0.846. The van der Waals surface area contributed by atoms with Gasteiger partial charge in [-0.05, 0) is 20.3 Å². The van der Waals surface area contributed by atoms with Crippen LogP contribution < -0.4 is 0 Å². The molecule has 0 aliphatic carbocycles. The van der Waals surface area contributed by atoms with Gasteiger partial charge in [-0.2, -0.15) is 0 Å². The molecule has 18 heavy (non-hydrogen) atoms. The van der Waals surface area contributed by atoms with Crippen molar-refractivity contribution in [2.24, 2.45) is 0 Å². The van der Waals surface area contributed by atoms with Crippen molar-refractivity contribution in [3.05, 3.63) is 0 Å². The van der Waals surface area contributed by atoms with Crippen LogP contribution >= 0.6 is 0 Å². The summed E-state index contributed by atoms with van der Waals surface area (Å²) in [6.45, 7) is 9.78. The molecule has 2 rings (SSSR count). The molecule has 0 aromatic heterocycles. The second kappa shape index (κ2) is 5.26. The standard InChI is InChI=1S/C11H19N3O2.C2H6/c1-8(2)14-6-5-11(7-14)9(15)12(3)10(16)13(11)4;1-2/h8H,5-7H2,1-4H3;1-2H3. The van der Waals surface area contributed by atoms with Crippen molar-refractivity contribution < 1.29 is 9.59 Å². The van der Waals surface area contributed by atoms with Crippen LogP contribution in [0.1, 0.15) is 34.1 Å². The van der Waals surface area contributed by atoms with Crippen LogP contribution in [0.3, 0.4) is 0 Å². The van der Waals surface area contributed by atoms with Crippen LogP contribution in [0.4, 0.5) is 4.79 Å². The number of urea groups is 1. The Labute approximate surface area is 110 Å². The van der Waals surface area contributed by atoms with Crippen LogP contribution in [-0.2, 0) is 4.79 Å². The molecule has 3 amide bonds. The zero-order chi connectivity index (χ0) is 14.1. The molecule has 1 atom stereocenters. The number of imide groups is 1. The molecule has 0 aromatic rings. The lowest BCUT2D eigenvalue weighted by atomic mass is 9.97. The van der Waals surface area contributed by atoms with E-state index in [-0.39, 0.29) is 11.9 Å². The summed E-state index contributed by atoms with van der Waals surface area (Å²) in [6.07, 6.45) is 0.747. The van der Waals surface area contributed by atoms with Crippen LogP contribution in [0, 0.1) is 0 Å². The highest BCUT2D eigenvalue weighted by Crippen LogP contribution is 2.35. The first-order chi connectivity index (χ1) is 8.40. The number of amides is 3. The minimum Gasteiger partial charge on any atom is -0.311 e. The Bertz CT molecular complexity index is 343. The summed E-state index contributed by atoms with van der Waals surface area (Å²) in [6, 6.07) is 0.234. The quantitative estimate of drug-likeness (QED) is 0.665. The van der Waals surface area contributed by atoms with Crippen LogP contribution in [0.2, 0.25) is 0 Å². The van der Waals surface area contributed by atoms with Gasteiger partial charge in [-0.3, -0.25) is 14.6 Å². The Balaban J connectivity index is 0.000000771. The van der Waals surface area contributed by atoms with Crippen LogP contribution in [0.25, 0.3) is 0 Å². The van der Waals surface area contributed by atoms with E-state index in [9.17, 15) is 9.59 Å². The molecule has 5 heteroatoms. The first-order valence-electron chi connectivity index (χ1n) is 6.70. The van der Waals surface area contributed by atoms with E-state index >= 15 is 0 Å². The van der Waals surface area contributed by atoms with Crippen molar-refractivity contribution in [1.29, 1.82) is 0 Å². The van der Waals surface area contributed by atoms with Gasteiger partial charge in [0, 0.05) is 33.2 Å². The number of carbonyl (C=O) groups is 2. The first-order valence-corrected chi connectivity index (χ1v) is 6.70. The van der Waals surface area contributed by atoms with Gasteiger partial charge in [0.2, 0.25) is 0 Å². The average molecular weight is 255 g/mol. The van der Waals surface area contributed by atoms with Crippen molar-refractivity contribution in [1.82, 2.24) is 14.7 Å². The van der Waals surface area contributed by atoms with Crippen LogP contribution in [-0.4, -0.2) is 65.4 Å². The third-order valence-corrected chi connectivity index (χ3v) is 3.93. The smallest absolute Gasteiger partial charge is 0.311 e. The van der Waals surface area contributed by atoms with E-state index in [0.29, 0.717) is 12.6 Å². The topological polar surface area (TPSA) is 43.9 Å². The van der Waals surface area contributed by atoms with Crippen LogP contribution in [0.5, 0.6) is 0 Å². The van der Waals surface area contributed by atoms with Gasteiger partial charge in [-0.1, -0.05) is 13.8 Å². The van der Waals surface area contributed by atoms with Crippen molar-refractivity contribution in [3.8, 4) is 0 Å². The molecular weight excluding hydrogens is 230 g/mol. The predicted molar refractivity (Wildman–Crippen MR) is 71.3 cm³/mol. The molecule has 1 unspecified atom stereocenters. The second-order valence-corrected chi connectivity index (χ2v) is 5.05. The highest BCUT2D eigenvalue weighted by atomic mass is 16.2. The van der Waals surface area contributed by atoms with Crippen LogP contribution in [0.15, 0.2) is 0 Å². The molecule has 2 saturated heterocycles. The monoisotopic (exact) mass is 255 g/mol. The summed E-state index contributed by atoms with van der Waals surface area (Å²) in [4.78, 5) is 29.0. The van der Waals surface area contributed by atoms with E-state index in [1.54, 1.807) is 19.0 Å². The summed E-state index contributed by atoms with van der Waals surface area (Å²) in [5, 5.41) is 0. The normalized spacial score (nSPS) is 28.4. The van der Waals surface area contributed by atoms with Gasteiger partial charge in [0.15, 0.2) is 0 Å². The molecule has 1 spiro atoms. The molecule has 2 aliphatic heterocycles. The highest BCUT2D eigenvalue weighted by Gasteiger charge is 2.57. The summed E-state index contributed by atoms with van der Waals surface area (Å²) in [5.74, 6) is -0.0526. The number of hydrogen-bond donors (Lipinski definition) is 0. The number of likely N-dealkylation sites (tertiary alicyclic amines) is 1. The Morgan fingerprint density at radius 3 is 2.06 bits per heavy atom. The third kappa shape index (κ3) is 2.00. The zero-order valence-corrected chi connectivity index (χ0v) is 12.4. The second-order valence-electron chi connectivity index (χ2n) is 5.05. The van der Waals surface area contributed by atoms with Gasteiger partial charge < -0.3 is 4.90 Å². The van der Waals surface area contributed by atoms with E-state index in [1.807, 2.05) is 13.8 Å². The molecule has 0 bridgehead atoms. The lowest BCUT2D eigenvalue weighted by Crippen LogP contribution is -2.50. The van der Waals surface area contributed by atoms with Crippen molar-refractivity contribution in [2.75, 3.05) is 27.2 Å². The van der Waals surface area contributed by atoms with E-state index in [4.69, 9.17) is 0 Å². The molecule has 2 aliphatic rings. The van der Waals surface area contributed by atoms with E-state index in [1.165, 1.54) is 4.90 Å². The summed E-state index contributed by atoms with van der Waals surface area (Å²) >= 11 is 0. The highest BCUT2D eigenvalue weighted by molar-refractivity contribution is 6.07. The molecular formula is C13H25N3O2. The minimum atomic E-state index is -0.601. The van der Waals surface area contributed by atoms with Gasteiger partial charge in [0.25, 0.3) is 5.91 Å². The molecule has 0 saturated carbocycles. The Morgan fingerprint density at radius 2 is 1.72 bits per heavy atom. The van der Waals surface area contributed by atoms with Gasteiger partial charge in [-0.15, -0.1) is 0 Å². The molecule has 2 heterocycles. The number of hydrogen-bond acceptors (Lipinski definition) is 3. The minimum absolute atomic E-state index is 0.0526. The summed E-state index contributed by atoms with van der Waals surface area (Å²) in [7, 11) is 3.29. The molecule has 0 N–H and O–H groups in total. The molecule has 5 nitrogen and oxygen atoms in total. The third-order valence-electron chi connectivity index (χ3n) is 3.93. The SMILES string of the molecule is CC.CC(C)N1CCC2(C1)C(=O)N(C)C(=O)N2C. The molecule has 2 fully saturated rings. The lowest BCUT2D eigenvalue weighted by Gasteiger charge is -2.29. The van der Waals surface area contributed by atoms with E-state index < -0.39 is 5.54 Å². The van der Waals surface area contributed by atoms with E-state index in [0.717, 1.165) is 13.0 Å². The largest absolute Gasteiger partial charge is 0.327 e. The Morgan fingerprint density at radius 1 is 1.17 bits per heavy atom. The summed E-state index contributed by atoms with van der Waals surface area (Å²) in [5.41, 5.74) is -0.601. The molecule has 0 radical (unpaired) electrons. The number of carbonyl (C=O) groups excluding carboxylic acids is 2. The van der Waals surface area contributed by atoms with Crippen molar-refractivity contribution in [3.63, 3.8) is 0 Å². The van der Waals surface area contributed by atoms with Gasteiger partial charge in [0.05, 0.1) is 0 Å². The number of likely N-dealkylation sites (N-methyl/N-ethyl adjacent to an activating group) is 2. The average Bonchev–Trinajstić information content (AvgIpc) is 2.88. The Hall–Kier alpha value is -1.10. The maximum absolute atomic E-state index is 12.2. The number of nitrogens with zero attached hydrogens (tertiary/aromatic N) is 3. The maximum atomic E-state index is 12.2. The van der Waals surface area contributed by atoms with Crippen molar-refractivity contribution in [2.45, 2.75) is 45.7 Å². The van der Waals surface area contributed by atoms with Gasteiger partial charge in [0.1, 0.15) is 5.54 Å². The van der Waals surface area contributed by atoms with Gasteiger partial charge >= 0.3 is 6.03 Å². The molecule has 104 valence electrons. The number of rotatable bonds is 1.